The van der Waals surface area contributed by atoms with Crippen molar-refractivity contribution in [2.24, 2.45) is 11.7 Å². The average Bonchev–Trinajstić information content (AvgIpc) is 2.99. The van der Waals surface area contributed by atoms with Gasteiger partial charge < -0.3 is 20.7 Å². The molecule has 1 amide bonds. The SMILES string of the molecule is NCC1CCC(C(=O)NCC2CCN(C3CC3)C2)O1. The lowest BCUT2D eigenvalue weighted by atomic mass is 10.1. The van der Waals surface area contributed by atoms with Gasteiger partial charge in [0, 0.05) is 25.7 Å². The third kappa shape index (κ3) is 3.27. The van der Waals surface area contributed by atoms with Crippen molar-refractivity contribution in [2.45, 2.75) is 50.4 Å². The van der Waals surface area contributed by atoms with E-state index < -0.39 is 0 Å². The molecule has 0 radical (unpaired) electrons. The molecule has 3 fully saturated rings. The van der Waals surface area contributed by atoms with Crippen LogP contribution in [0.1, 0.15) is 32.1 Å². The number of ether oxygens (including phenoxy) is 1. The number of likely N-dealkylation sites (tertiary alicyclic amines) is 1. The molecule has 3 aliphatic rings. The van der Waals surface area contributed by atoms with Crippen molar-refractivity contribution in [2.75, 3.05) is 26.2 Å². The van der Waals surface area contributed by atoms with Crippen molar-refractivity contribution in [3.05, 3.63) is 0 Å². The quantitative estimate of drug-likeness (QED) is 0.741. The Morgan fingerprint density at radius 1 is 1.26 bits per heavy atom. The van der Waals surface area contributed by atoms with Crippen LogP contribution in [0.3, 0.4) is 0 Å². The van der Waals surface area contributed by atoms with Gasteiger partial charge in [-0.2, -0.15) is 0 Å². The van der Waals surface area contributed by atoms with Gasteiger partial charge in [-0.25, -0.2) is 0 Å². The van der Waals surface area contributed by atoms with E-state index in [4.69, 9.17) is 10.5 Å². The smallest absolute Gasteiger partial charge is 0.249 e. The maximum absolute atomic E-state index is 12.0. The van der Waals surface area contributed by atoms with Gasteiger partial charge >= 0.3 is 0 Å². The molecule has 0 aromatic heterocycles. The van der Waals surface area contributed by atoms with E-state index in [2.05, 4.69) is 10.2 Å². The van der Waals surface area contributed by atoms with Gasteiger partial charge in [-0.1, -0.05) is 0 Å². The van der Waals surface area contributed by atoms with Gasteiger partial charge in [0.05, 0.1) is 6.10 Å². The van der Waals surface area contributed by atoms with E-state index >= 15 is 0 Å². The molecule has 0 aromatic rings. The van der Waals surface area contributed by atoms with Gasteiger partial charge in [0.25, 0.3) is 0 Å². The molecule has 0 aromatic carbocycles. The Kier molecular flexibility index (Phi) is 4.05. The molecule has 1 aliphatic carbocycles. The van der Waals surface area contributed by atoms with Crippen molar-refractivity contribution in [3.63, 3.8) is 0 Å². The Labute approximate surface area is 114 Å². The summed E-state index contributed by atoms with van der Waals surface area (Å²) in [5, 5.41) is 3.06. The second kappa shape index (κ2) is 5.77. The lowest BCUT2D eigenvalue weighted by Gasteiger charge is -2.17. The van der Waals surface area contributed by atoms with Gasteiger partial charge in [-0.05, 0) is 44.6 Å². The highest BCUT2D eigenvalue weighted by Crippen LogP contribution is 2.31. The molecule has 1 saturated carbocycles. The molecule has 0 spiro atoms. The fourth-order valence-electron chi connectivity index (χ4n) is 3.23. The molecular formula is C14H25N3O2. The summed E-state index contributed by atoms with van der Waals surface area (Å²) in [5.74, 6) is 0.678. The largest absolute Gasteiger partial charge is 0.364 e. The third-order valence-electron chi connectivity index (χ3n) is 4.61. The fourth-order valence-corrected chi connectivity index (χ4v) is 3.23. The van der Waals surface area contributed by atoms with Gasteiger partial charge in [0.15, 0.2) is 0 Å². The monoisotopic (exact) mass is 267 g/mol. The molecule has 2 saturated heterocycles. The van der Waals surface area contributed by atoms with Crippen molar-refractivity contribution < 1.29 is 9.53 Å². The van der Waals surface area contributed by atoms with Gasteiger partial charge in [0.2, 0.25) is 5.91 Å². The van der Waals surface area contributed by atoms with E-state index in [1.54, 1.807) is 0 Å². The lowest BCUT2D eigenvalue weighted by molar-refractivity contribution is -0.132. The van der Waals surface area contributed by atoms with Crippen molar-refractivity contribution in [1.82, 2.24) is 10.2 Å². The maximum Gasteiger partial charge on any atom is 0.249 e. The molecular weight excluding hydrogens is 242 g/mol. The summed E-state index contributed by atoms with van der Waals surface area (Å²) >= 11 is 0. The average molecular weight is 267 g/mol. The maximum atomic E-state index is 12.0. The molecule has 0 bridgehead atoms. The zero-order chi connectivity index (χ0) is 13.2. The first-order chi connectivity index (χ1) is 9.26. The summed E-state index contributed by atoms with van der Waals surface area (Å²) in [5.41, 5.74) is 5.56. The molecule has 5 heteroatoms. The number of nitrogens with two attached hydrogens (primary N) is 1. The Bertz CT molecular complexity index is 333. The first-order valence-electron chi connectivity index (χ1n) is 7.63. The van der Waals surface area contributed by atoms with Gasteiger partial charge in [0.1, 0.15) is 6.10 Å². The number of hydrogen-bond donors (Lipinski definition) is 2. The molecule has 3 N–H and O–H groups in total. The molecule has 19 heavy (non-hydrogen) atoms. The van der Waals surface area contributed by atoms with Crippen LogP contribution in [0.5, 0.6) is 0 Å². The molecule has 3 atom stereocenters. The van der Waals surface area contributed by atoms with Crippen LogP contribution in [0.4, 0.5) is 0 Å². The second-order valence-corrected chi connectivity index (χ2v) is 6.19. The Hall–Kier alpha value is -0.650. The summed E-state index contributed by atoms with van der Waals surface area (Å²) in [7, 11) is 0. The second-order valence-electron chi connectivity index (χ2n) is 6.19. The van der Waals surface area contributed by atoms with Crippen LogP contribution in [0, 0.1) is 5.92 Å². The highest BCUT2D eigenvalue weighted by atomic mass is 16.5. The standard InChI is InChI=1S/C14H25N3O2/c15-7-12-3-4-13(19-12)14(18)16-8-10-5-6-17(9-10)11-1-2-11/h10-13H,1-9,15H2,(H,16,18). The lowest BCUT2D eigenvalue weighted by Crippen LogP contribution is -2.38. The van der Waals surface area contributed by atoms with E-state index in [-0.39, 0.29) is 18.1 Å². The molecule has 3 unspecified atom stereocenters. The van der Waals surface area contributed by atoms with Crippen molar-refractivity contribution in [3.8, 4) is 0 Å². The number of carbonyl (C=O) groups is 1. The number of rotatable bonds is 5. The van der Waals surface area contributed by atoms with Crippen molar-refractivity contribution >= 4 is 5.91 Å². The van der Waals surface area contributed by atoms with Gasteiger partial charge in [-0.15, -0.1) is 0 Å². The fraction of sp³-hybridized carbons (Fsp3) is 0.929. The zero-order valence-corrected chi connectivity index (χ0v) is 11.5. The van der Waals surface area contributed by atoms with E-state index in [0.29, 0.717) is 12.5 Å². The summed E-state index contributed by atoms with van der Waals surface area (Å²) in [6.45, 7) is 3.68. The zero-order valence-electron chi connectivity index (χ0n) is 11.5. The highest BCUT2D eigenvalue weighted by molar-refractivity contribution is 5.81. The number of amides is 1. The first kappa shape index (κ1) is 13.3. The van der Waals surface area contributed by atoms with Crippen LogP contribution < -0.4 is 11.1 Å². The molecule has 5 nitrogen and oxygen atoms in total. The highest BCUT2D eigenvalue weighted by Gasteiger charge is 2.35. The minimum absolute atomic E-state index is 0.0563. The topological polar surface area (TPSA) is 67.6 Å². The number of carbonyl (C=O) groups excluding carboxylic acids is 1. The predicted molar refractivity (Wildman–Crippen MR) is 72.7 cm³/mol. The molecule has 108 valence electrons. The van der Waals surface area contributed by atoms with Crippen LogP contribution >= 0.6 is 0 Å². The summed E-state index contributed by atoms with van der Waals surface area (Å²) in [6.07, 6.45) is 5.49. The molecule has 2 heterocycles. The predicted octanol–water partition coefficient (Wildman–Crippen LogP) is 0.0932. The van der Waals surface area contributed by atoms with Crippen LogP contribution in [-0.2, 0) is 9.53 Å². The van der Waals surface area contributed by atoms with E-state index in [0.717, 1.165) is 32.0 Å². The number of nitrogens with zero attached hydrogens (tertiary/aromatic N) is 1. The van der Waals surface area contributed by atoms with Crippen LogP contribution in [0.25, 0.3) is 0 Å². The Morgan fingerprint density at radius 2 is 2.11 bits per heavy atom. The minimum Gasteiger partial charge on any atom is -0.364 e. The van der Waals surface area contributed by atoms with Crippen molar-refractivity contribution in [1.29, 1.82) is 0 Å². The normalized spacial score (nSPS) is 35.7. The number of hydrogen-bond acceptors (Lipinski definition) is 4. The number of nitrogens with one attached hydrogen (secondary N) is 1. The first-order valence-corrected chi connectivity index (χ1v) is 7.63. The van der Waals surface area contributed by atoms with Crippen LogP contribution in [0.15, 0.2) is 0 Å². The van der Waals surface area contributed by atoms with Gasteiger partial charge in [-0.3, -0.25) is 4.79 Å². The summed E-state index contributed by atoms with van der Waals surface area (Å²) in [6, 6.07) is 0.851. The Balaban J connectivity index is 1.36. The van der Waals surface area contributed by atoms with Crippen LogP contribution in [0.2, 0.25) is 0 Å². The van der Waals surface area contributed by atoms with E-state index in [1.807, 2.05) is 0 Å². The third-order valence-corrected chi connectivity index (χ3v) is 4.61. The molecule has 2 aliphatic heterocycles. The van der Waals surface area contributed by atoms with E-state index in [1.165, 1.54) is 25.8 Å². The Morgan fingerprint density at radius 3 is 2.79 bits per heavy atom. The minimum atomic E-state index is -0.269. The van der Waals surface area contributed by atoms with Crippen LogP contribution in [-0.4, -0.2) is 55.2 Å². The van der Waals surface area contributed by atoms with E-state index in [9.17, 15) is 4.79 Å². The molecule has 3 rings (SSSR count). The summed E-state index contributed by atoms with van der Waals surface area (Å²) < 4.78 is 5.61. The summed E-state index contributed by atoms with van der Waals surface area (Å²) in [4.78, 5) is 14.6.